The van der Waals surface area contributed by atoms with Gasteiger partial charge in [-0.1, -0.05) is 69.3 Å². The summed E-state index contributed by atoms with van der Waals surface area (Å²) in [4.78, 5) is 5.08. The molecule has 1 unspecified atom stereocenters. The Morgan fingerprint density at radius 3 is 1.68 bits per heavy atom. The molecule has 1 atom stereocenters. The molecule has 3 aromatic carbocycles. The van der Waals surface area contributed by atoms with Gasteiger partial charge in [-0.2, -0.15) is 0 Å². The molecule has 31 heavy (non-hydrogen) atoms. The van der Waals surface area contributed by atoms with Crippen molar-refractivity contribution < 1.29 is 0 Å². The molecular formula is C29H36N2. The predicted octanol–water partition coefficient (Wildman–Crippen LogP) is 7.28. The van der Waals surface area contributed by atoms with Crippen molar-refractivity contribution in [3.05, 3.63) is 94.0 Å². The van der Waals surface area contributed by atoms with E-state index in [1.165, 1.54) is 44.8 Å². The third-order valence-corrected chi connectivity index (χ3v) is 6.92. The van der Waals surface area contributed by atoms with E-state index in [1.807, 2.05) is 0 Å². The first-order valence-electron chi connectivity index (χ1n) is 11.4. The van der Waals surface area contributed by atoms with E-state index in [9.17, 15) is 0 Å². The molecule has 3 aromatic rings. The van der Waals surface area contributed by atoms with Gasteiger partial charge in [-0.05, 0) is 78.6 Å². The molecule has 2 nitrogen and oxygen atoms in total. The van der Waals surface area contributed by atoms with Crippen LogP contribution in [0.4, 0.5) is 11.4 Å². The monoisotopic (exact) mass is 412 g/mol. The van der Waals surface area contributed by atoms with Gasteiger partial charge in [0, 0.05) is 13.1 Å². The highest BCUT2D eigenvalue weighted by Crippen LogP contribution is 2.41. The lowest BCUT2D eigenvalue weighted by molar-refractivity contribution is 0.589. The molecule has 4 rings (SSSR count). The summed E-state index contributed by atoms with van der Waals surface area (Å²) in [5, 5.41) is 0. The number of aryl methyl sites for hydroxylation is 2. The Hall–Kier alpha value is -2.74. The van der Waals surface area contributed by atoms with Crippen LogP contribution in [-0.2, 0) is 18.5 Å². The Kier molecular flexibility index (Phi) is 5.60. The number of fused-ring (bicyclic) bond motifs is 1. The zero-order valence-electron chi connectivity index (χ0n) is 20.2. The minimum absolute atomic E-state index is 0.188. The second-order valence-electron chi connectivity index (χ2n) is 10.2. The standard InChI is InChI=1S/C29H36N2/c1-20-16-25(17-21(2)22(20)3)19-31-23(4)30(27-10-8-9-11-28(27)31)18-24-12-14-26(15-13-24)29(5,6)7/h8-17,23H,18-19H2,1-7H3. The Morgan fingerprint density at radius 1 is 0.710 bits per heavy atom. The Bertz CT molecular complexity index is 1050. The van der Waals surface area contributed by atoms with Crippen LogP contribution in [0.15, 0.2) is 60.7 Å². The molecule has 0 spiro atoms. The van der Waals surface area contributed by atoms with Crippen molar-refractivity contribution in [2.45, 2.75) is 73.1 Å². The zero-order chi connectivity index (χ0) is 22.3. The average molecular weight is 413 g/mol. The maximum absolute atomic E-state index is 2.54. The van der Waals surface area contributed by atoms with Gasteiger partial charge < -0.3 is 9.80 Å². The van der Waals surface area contributed by atoms with Gasteiger partial charge in [-0.3, -0.25) is 0 Å². The molecule has 0 saturated carbocycles. The summed E-state index contributed by atoms with van der Waals surface area (Å²) in [6, 6.07) is 22.7. The van der Waals surface area contributed by atoms with Gasteiger partial charge in [0.15, 0.2) is 0 Å². The molecule has 0 N–H and O–H groups in total. The number of para-hydroxylation sites is 2. The van der Waals surface area contributed by atoms with Crippen LogP contribution in [0.3, 0.4) is 0 Å². The van der Waals surface area contributed by atoms with E-state index in [-0.39, 0.29) is 5.41 Å². The van der Waals surface area contributed by atoms with Gasteiger partial charge in [0.2, 0.25) is 0 Å². The van der Waals surface area contributed by atoms with Crippen molar-refractivity contribution >= 4 is 11.4 Å². The number of hydrogen-bond donors (Lipinski definition) is 0. The third kappa shape index (κ3) is 4.21. The van der Waals surface area contributed by atoms with Crippen molar-refractivity contribution in [3.63, 3.8) is 0 Å². The first kappa shape index (κ1) is 21.5. The first-order valence-corrected chi connectivity index (χ1v) is 11.4. The van der Waals surface area contributed by atoms with Gasteiger partial charge in [0.25, 0.3) is 0 Å². The van der Waals surface area contributed by atoms with Crippen LogP contribution < -0.4 is 9.80 Å². The van der Waals surface area contributed by atoms with E-state index in [0.717, 1.165) is 13.1 Å². The minimum Gasteiger partial charge on any atom is -0.345 e. The van der Waals surface area contributed by atoms with Crippen molar-refractivity contribution in [1.29, 1.82) is 0 Å². The molecule has 0 saturated heterocycles. The van der Waals surface area contributed by atoms with Crippen LogP contribution in [0.5, 0.6) is 0 Å². The SMILES string of the molecule is Cc1cc(CN2c3ccccc3N(Cc3ccc(C(C)(C)C)cc3)C2C)cc(C)c1C. The summed E-state index contributed by atoms with van der Waals surface area (Å²) in [6.45, 7) is 17.7. The highest BCUT2D eigenvalue weighted by Gasteiger charge is 2.32. The summed E-state index contributed by atoms with van der Waals surface area (Å²) >= 11 is 0. The number of nitrogens with zero attached hydrogens (tertiary/aromatic N) is 2. The fraction of sp³-hybridized carbons (Fsp3) is 0.379. The lowest BCUT2D eigenvalue weighted by Gasteiger charge is -2.31. The largest absolute Gasteiger partial charge is 0.345 e. The van der Waals surface area contributed by atoms with Crippen LogP contribution in [-0.4, -0.2) is 6.17 Å². The third-order valence-electron chi connectivity index (χ3n) is 6.92. The quantitative estimate of drug-likeness (QED) is 0.444. The minimum atomic E-state index is 0.188. The molecule has 0 bridgehead atoms. The molecule has 0 amide bonds. The van der Waals surface area contributed by atoms with E-state index in [1.54, 1.807) is 0 Å². The van der Waals surface area contributed by atoms with E-state index in [0.29, 0.717) is 6.17 Å². The zero-order valence-corrected chi connectivity index (χ0v) is 20.2. The van der Waals surface area contributed by atoms with Crippen LogP contribution in [0.1, 0.15) is 61.1 Å². The summed E-state index contributed by atoms with van der Waals surface area (Å²) in [7, 11) is 0. The second kappa shape index (κ2) is 8.07. The second-order valence-corrected chi connectivity index (χ2v) is 10.2. The first-order chi connectivity index (χ1) is 14.6. The molecule has 0 fully saturated rings. The van der Waals surface area contributed by atoms with Crippen LogP contribution >= 0.6 is 0 Å². The van der Waals surface area contributed by atoms with Crippen molar-refractivity contribution in [2.24, 2.45) is 0 Å². The molecule has 0 aromatic heterocycles. The van der Waals surface area contributed by atoms with Crippen LogP contribution in [0.25, 0.3) is 0 Å². The lowest BCUT2D eigenvalue weighted by atomic mass is 9.87. The van der Waals surface area contributed by atoms with Crippen LogP contribution in [0, 0.1) is 20.8 Å². The van der Waals surface area contributed by atoms with Gasteiger partial charge in [-0.25, -0.2) is 0 Å². The van der Waals surface area contributed by atoms with Gasteiger partial charge in [0.05, 0.1) is 17.5 Å². The molecule has 1 aliphatic rings. The topological polar surface area (TPSA) is 6.48 Å². The predicted molar refractivity (Wildman–Crippen MR) is 134 cm³/mol. The fourth-order valence-corrected chi connectivity index (χ4v) is 4.68. The normalized spacial score (nSPS) is 16.0. The summed E-state index contributed by atoms with van der Waals surface area (Å²) in [5.74, 6) is 0. The molecule has 1 heterocycles. The van der Waals surface area contributed by atoms with E-state index < -0.39 is 0 Å². The fourth-order valence-electron chi connectivity index (χ4n) is 4.68. The lowest BCUT2D eigenvalue weighted by Crippen LogP contribution is -2.40. The molecular weight excluding hydrogens is 376 g/mol. The molecule has 0 radical (unpaired) electrons. The van der Waals surface area contributed by atoms with Crippen molar-refractivity contribution in [1.82, 2.24) is 0 Å². The number of benzene rings is 3. The highest BCUT2D eigenvalue weighted by molar-refractivity contribution is 5.77. The van der Waals surface area contributed by atoms with Crippen molar-refractivity contribution in [3.8, 4) is 0 Å². The number of anilines is 2. The van der Waals surface area contributed by atoms with E-state index in [2.05, 4.69) is 119 Å². The number of hydrogen-bond acceptors (Lipinski definition) is 2. The van der Waals surface area contributed by atoms with Crippen LogP contribution in [0.2, 0.25) is 0 Å². The maximum atomic E-state index is 2.54. The van der Waals surface area contributed by atoms with Gasteiger partial charge in [-0.15, -0.1) is 0 Å². The van der Waals surface area contributed by atoms with Gasteiger partial charge in [0.1, 0.15) is 0 Å². The Labute approximate surface area is 188 Å². The summed E-state index contributed by atoms with van der Waals surface area (Å²) < 4.78 is 0. The van der Waals surface area contributed by atoms with Crippen molar-refractivity contribution in [2.75, 3.05) is 9.80 Å². The average Bonchev–Trinajstić information content (AvgIpc) is 2.98. The Balaban J connectivity index is 1.61. The maximum Gasteiger partial charge on any atom is 0.0995 e. The summed E-state index contributed by atoms with van der Waals surface area (Å²) in [6.07, 6.45) is 0.307. The smallest absolute Gasteiger partial charge is 0.0995 e. The number of rotatable bonds is 4. The molecule has 162 valence electrons. The Morgan fingerprint density at radius 2 is 1.19 bits per heavy atom. The molecule has 2 heteroatoms. The highest BCUT2D eigenvalue weighted by atomic mass is 15.4. The van der Waals surface area contributed by atoms with Gasteiger partial charge >= 0.3 is 0 Å². The van der Waals surface area contributed by atoms with E-state index >= 15 is 0 Å². The van der Waals surface area contributed by atoms with E-state index in [4.69, 9.17) is 0 Å². The molecule has 0 aliphatic carbocycles. The summed E-state index contributed by atoms with van der Waals surface area (Å²) in [5.41, 5.74) is 11.1. The molecule has 1 aliphatic heterocycles.